The largest absolute Gasteiger partial charge is 0.370 e. The molecule has 2 aromatic rings. The molecule has 0 atom stereocenters. The molecule has 25 heavy (non-hydrogen) atoms. The van der Waals surface area contributed by atoms with Gasteiger partial charge in [0.05, 0.1) is 4.90 Å². The summed E-state index contributed by atoms with van der Waals surface area (Å²) in [5, 5.41) is 11.6. The van der Waals surface area contributed by atoms with Gasteiger partial charge < -0.3 is 10.6 Å². The predicted molar refractivity (Wildman–Crippen MR) is 100 cm³/mol. The number of hydrogen-bond donors (Lipinski definition) is 3. The van der Waals surface area contributed by atoms with E-state index in [1.807, 2.05) is 13.0 Å². The fourth-order valence-corrected chi connectivity index (χ4v) is 2.81. The van der Waals surface area contributed by atoms with Gasteiger partial charge in [0.15, 0.2) is 0 Å². The molecule has 0 bridgehead atoms. The molecule has 1 heterocycles. The van der Waals surface area contributed by atoms with E-state index in [0.717, 1.165) is 42.9 Å². The Morgan fingerprint density at radius 3 is 2.44 bits per heavy atom. The highest BCUT2D eigenvalue weighted by molar-refractivity contribution is 7.89. The zero-order valence-electron chi connectivity index (χ0n) is 14.6. The minimum absolute atomic E-state index is 0.124. The normalized spacial score (nSPS) is 11.3. The Morgan fingerprint density at radius 2 is 1.80 bits per heavy atom. The number of rotatable bonds is 9. The highest BCUT2D eigenvalue weighted by Crippen LogP contribution is 2.12. The molecule has 4 N–H and O–H groups in total. The number of nitrogens with zero attached hydrogens (tertiary/aromatic N) is 2. The van der Waals surface area contributed by atoms with Gasteiger partial charge >= 0.3 is 0 Å². The molecule has 8 heteroatoms. The van der Waals surface area contributed by atoms with Crippen LogP contribution in [0.2, 0.25) is 0 Å². The number of anilines is 2. The molecule has 0 saturated heterocycles. The minimum Gasteiger partial charge on any atom is -0.370 e. The van der Waals surface area contributed by atoms with Gasteiger partial charge in [-0.05, 0) is 37.5 Å². The Bertz CT molecular complexity index is 791. The first-order valence-electron chi connectivity index (χ1n) is 8.33. The van der Waals surface area contributed by atoms with E-state index in [2.05, 4.69) is 27.5 Å². The zero-order chi connectivity index (χ0) is 18.3. The van der Waals surface area contributed by atoms with Crippen molar-refractivity contribution in [2.75, 3.05) is 23.7 Å². The fraction of sp³-hybridized carbons (Fsp3) is 0.412. The van der Waals surface area contributed by atoms with Crippen LogP contribution in [-0.2, 0) is 16.4 Å². The quantitative estimate of drug-likeness (QED) is 0.590. The number of aromatic nitrogens is 2. The van der Waals surface area contributed by atoms with E-state index < -0.39 is 10.0 Å². The van der Waals surface area contributed by atoms with Gasteiger partial charge in [0.25, 0.3) is 0 Å². The zero-order valence-corrected chi connectivity index (χ0v) is 15.4. The molecule has 7 nitrogen and oxygen atoms in total. The molecular formula is C17H25N5O2S. The maximum atomic E-state index is 11.2. The summed E-state index contributed by atoms with van der Waals surface area (Å²) < 4.78 is 22.5. The van der Waals surface area contributed by atoms with E-state index in [1.54, 1.807) is 12.1 Å². The highest BCUT2D eigenvalue weighted by atomic mass is 32.2. The van der Waals surface area contributed by atoms with Crippen molar-refractivity contribution in [2.24, 2.45) is 5.14 Å². The highest BCUT2D eigenvalue weighted by Gasteiger charge is 2.07. The van der Waals surface area contributed by atoms with Crippen molar-refractivity contribution in [3.8, 4) is 0 Å². The van der Waals surface area contributed by atoms with Gasteiger partial charge in [-0.2, -0.15) is 4.98 Å². The van der Waals surface area contributed by atoms with Crippen LogP contribution in [0.3, 0.4) is 0 Å². The number of aryl methyl sites for hydroxylation is 1. The summed E-state index contributed by atoms with van der Waals surface area (Å²) in [7, 11) is -3.64. The van der Waals surface area contributed by atoms with E-state index in [4.69, 9.17) is 5.14 Å². The van der Waals surface area contributed by atoms with Crippen LogP contribution in [0.4, 0.5) is 11.8 Å². The Morgan fingerprint density at radius 1 is 1.08 bits per heavy atom. The molecule has 0 amide bonds. The average molecular weight is 363 g/mol. The van der Waals surface area contributed by atoms with Gasteiger partial charge in [-0.25, -0.2) is 18.5 Å². The molecule has 0 aliphatic heterocycles. The molecule has 1 aromatic heterocycles. The second-order valence-electron chi connectivity index (χ2n) is 5.86. The van der Waals surface area contributed by atoms with E-state index >= 15 is 0 Å². The van der Waals surface area contributed by atoms with Crippen molar-refractivity contribution in [2.45, 2.75) is 38.0 Å². The van der Waals surface area contributed by atoms with Crippen molar-refractivity contribution in [1.82, 2.24) is 9.97 Å². The molecule has 2 rings (SSSR count). The van der Waals surface area contributed by atoms with Crippen LogP contribution in [0.15, 0.2) is 35.2 Å². The van der Waals surface area contributed by atoms with Gasteiger partial charge in [0.2, 0.25) is 16.0 Å². The maximum Gasteiger partial charge on any atom is 0.238 e. The number of nitrogens with one attached hydrogen (secondary N) is 2. The van der Waals surface area contributed by atoms with Crippen LogP contribution in [-0.4, -0.2) is 31.5 Å². The van der Waals surface area contributed by atoms with Crippen molar-refractivity contribution >= 4 is 21.8 Å². The summed E-state index contributed by atoms with van der Waals surface area (Å²) in [6.07, 6.45) is 2.94. The second-order valence-corrected chi connectivity index (χ2v) is 7.43. The van der Waals surface area contributed by atoms with E-state index in [9.17, 15) is 8.42 Å². The third kappa shape index (κ3) is 6.32. The summed E-state index contributed by atoms with van der Waals surface area (Å²) in [4.78, 5) is 8.95. The van der Waals surface area contributed by atoms with Crippen LogP contribution in [0.1, 0.15) is 31.0 Å². The average Bonchev–Trinajstić information content (AvgIpc) is 2.54. The third-order valence-corrected chi connectivity index (χ3v) is 4.57. The summed E-state index contributed by atoms with van der Waals surface area (Å²) in [6, 6.07) is 8.48. The van der Waals surface area contributed by atoms with Crippen LogP contribution in [0, 0.1) is 6.92 Å². The van der Waals surface area contributed by atoms with Gasteiger partial charge in [-0.15, -0.1) is 0 Å². The minimum atomic E-state index is -3.64. The SMILES string of the molecule is CCCCNc1nc(C)cc(NCCc2ccc(S(N)(=O)=O)cc2)n1. The second kappa shape index (κ2) is 8.77. The third-order valence-electron chi connectivity index (χ3n) is 3.64. The molecule has 0 aliphatic carbocycles. The van der Waals surface area contributed by atoms with Crippen molar-refractivity contribution in [3.05, 3.63) is 41.6 Å². The Labute approximate surface area is 149 Å². The molecule has 0 fully saturated rings. The lowest BCUT2D eigenvalue weighted by Gasteiger charge is -2.10. The van der Waals surface area contributed by atoms with Gasteiger partial charge in [0, 0.05) is 24.8 Å². The standard InChI is InChI=1S/C17H25N5O2S/c1-3-4-10-20-17-21-13(2)12-16(22-17)19-11-9-14-5-7-15(8-6-14)25(18,23)24/h5-8,12H,3-4,9-11H2,1-2H3,(H2,18,23,24)(H2,19,20,21,22). The first kappa shape index (κ1) is 19.1. The number of unbranched alkanes of at least 4 members (excludes halogenated alkanes) is 1. The number of nitrogens with two attached hydrogens (primary N) is 1. The van der Waals surface area contributed by atoms with Crippen LogP contribution in [0.5, 0.6) is 0 Å². The lowest BCUT2D eigenvalue weighted by atomic mass is 10.1. The van der Waals surface area contributed by atoms with E-state index in [-0.39, 0.29) is 4.90 Å². The van der Waals surface area contributed by atoms with Crippen molar-refractivity contribution < 1.29 is 8.42 Å². The first-order chi connectivity index (χ1) is 11.9. The number of hydrogen-bond acceptors (Lipinski definition) is 6. The van der Waals surface area contributed by atoms with Gasteiger partial charge in [-0.3, -0.25) is 0 Å². The molecule has 136 valence electrons. The van der Waals surface area contributed by atoms with Crippen LogP contribution < -0.4 is 15.8 Å². The van der Waals surface area contributed by atoms with E-state index in [0.29, 0.717) is 12.5 Å². The number of primary sulfonamides is 1. The van der Waals surface area contributed by atoms with Gasteiger partial charge in [0.1, 0.15) is 5.82 Å². The van der Waals surface area contributed by atoms with E-state index in [1.165, 1.54) is 12.1 Å². The first-order valence-corrected chi connectivity index (χ1v) is 9.88. The Balaban J connectivity index is 1.90. The molecule has 0 aliphatic rings. The monoisotopic (exact) mass is 363 g/mol. The summed E-state index contributed by atoms with van der Waals surface area (Å²) in [5.41, 5.74) is 1.92. The van der Waals surface area contributed by atoms with Crippen molar-refractivity contribution in [3.63, 3.8) is 0 Å². The van der Waals surface area contributed by atoms with Gasteiger partial charge in [-0.1, -0.05) is 25.5 Å². The summed E-state index contributed by atoms with van der Waals surface area (Å²) in [5.74, 6) is 1.40. The summed E-state index contributed by atoms with van der Waals surface area (Å²) >= 11 is 0. The van der Waals surface area contributed by atoms with Crippen LogP contribution >= 0.6 is 0 Å². The maximum absolute atomic E-state index is 11.2. The molecular weight excluding hydrogens is 338 g/mol. The fourth-order valence-electron chi connectivity index (χ4n) is 2.30. The topological polar surface area (TPSA) is 110 Å². The number of benzene rings is 1. The number of sulfonamides is 1. The molecule has 0 unspecified atom stereocenters. The predicted octanol–water partition coefficient (Wildman–Crippen LogP) is 2.30. The lowest BCUT2D eigenvalue weighted by molar-refractivity contribution is 0.598. The Kier molecular flexibility index (Phi) is 6.72. The lowest BCUT2D eigenvalue weighted by Crippen LogP contribution is -2.12. The van der Waals surface area contributed by atoms with Crippen molar-refractivity contribution in [1.29, 1.82) is 0 Å². The summed E-state index contributed by atoms with van der Waals surface area (Å²) in [6.45, 7) is 5.61. The van der Waals surface area contributed by atoms with Crippen LogP contribution in [0.25, 0.3) is 0 Å². The molecule has 0 saturated carbocycles. The molecule has 1 aromatic carbocycles. The molecule has 0 radical (unpaired) electrons. The Hall–Kier alpha value is -2.19. The smallest absolute Gasteiger partial charge is 0.238 e. The molecule has 0 spiro atoms.